The van der Waals surface area contributed by atoms with Gasteiger partial charge in [0.25, 0.3) is 0 Å². The van der Waals surface area contributed by atoms with Gasteiger partial charge in [-0.25, -0.2) is 0 Å². The van der Waals surface area contributed by atoms with E-state index in [1.807, 2.05) is 0 Å². The SMILES string of the molecule is CC[C@]1(CCCc2ccc(OC)cc2)C=C(c2ccccc2)C1. The third kappa shape index (κ3) is 3.67. The molecule has 1 heteroatoms. The largest absolute Gasteiger partial charge is 0.497 e. The molecule has 0 saturated heterocycles. The Morgan fingerprint density at radius 3 is 2.30 bits per heavy atom. The van der Waals surface area contributed by atoms with Gasteiger partial charge < -0.3 is 4.74 Å². The lowest BCUT2D eigenvalue weighted by Gasteiger charge is -2.40. The van der Waals surface area contributed by atoms with Gasteiger partial charge in [-0.15, -0.1) is 0 Å². The number of ether oxygens (including phenoxy) is 1. The number of allylic oxidation sites excluding steroid dienone is 2. The monoisotopic (exact) mass is 306 g/mol. The zero-order valence-electron chi connectivity index (χ0n) is 14.2. The van der Waals surface area contributed by atoms with Crippen LogP contribution in [0.1, 0.15) is 43.7 Å². The van der Waals surface area contributed by atoms with Crippen molar-refractivity contribution >= 4 is 5.57 Å². The molecule has 1 aliphatic rings. The van der Waals surface area contributed by atoms with Crippen LogP contribution in [-0.2, 0) is 6.42 Å². The van der Waals surface area contributed by atoms with Crippen molar-refractivity contribution < 1.29 is 4.74 Å². The molecule has 23 heavy (non-hydrogen) atoms. The highest BCUT2D eigenvalue weighted by Crippen LogP contribution is 2.49. The maximum atomic E-state index is 5.22. The van der Waals surface area contributed by atoms with Crippen LogP contribution in [0.25, 0.3) is 5.57 Å². The van der Waals surface area contributed by atoms with Crippen LogP contribution in [0, 0.1) is 5.41 Å². The van der Waals surface area contributed by atoms with Crippen LogP contribution in [0.15, 0.2) is 60.7 Å². The first-order chi connectivity index (χ1) is 11.2. The normalized spacial score (nSPS) is 19.8. The number of methoxy groups -OCH3 is 1. The summed E-state index contributed by atoms with van der Waals surface area (Å²) in [5.41, 5.74) is 4.75. The molecule has 0 spiro atoms. The summed E-state index contributed by atoms with van der Waals surface area (Å²) in [6, 6.07) is 19.3. The van der Waals surface area contributed by atoms with Crippen molar-refractivity contribution in [1.29, 1.82) is 0 Å². The summed E-state index contributed by atoms with van der Waals surface area (Å²) >= 11 is 0. The van der Waals surface area contributed by atoms with Crippen LogP contribution < -0.4 is 4.74 Å². The number of hydrogen-bond acceptors (Lipinski definition) is 1. The molecule has 0 unspecified atom stereocenters. The molecule has 1 aliphatic carbocycles. The van der Waals surface area contributed by atoms with E-state index in [-0.39, 0.29) is 0 Å². The molecule has 0 aromatic heterocycles. The summed E-state index contributed by atoms with van der Waals surface area (Å²) in [5.74, 6) is 0.938. The number of benzene rings is 2. The minimum atomic E-state index is 0.428. The van der Waals surface area contributed by atoms with Gasteiger partial charge in [0.2, 0.25) is 0 Å². The number of hydrogen-bond donors (Lipinski definition) is 0. The second kappa shape index (κ2) is 7.04. The van der Waals surface area contributed by atoms with Crippen molar-refractivity contribution in [3.63, 3.8) is 0 Å². The third-order valence-corrected chi connectivity index (χ3v) is 5.17. The van der Waals surface area contributed by atoms with Gasteiger partial charge >= 0.3 is 0 Å². The molecule has 2 aromatic rings. The molecule has 0 amide bonds. The first kappa shape index (κ1) is 15.9. The Balaban J connectivity index is 1.55. The van der Waals surface area contributed by atoms with Gasteiger partial charge in [0.1, 0.15) is 5.75 Å². The van der Waals surface area contributed by atoms with Crippen molar-refractivity contribution in [2.45, 2.75) is 39.0 Å². The molecule has 0 aliphatic heterocycles. The van der Waals surface area contributed by atoms with E-state index in [1.54, 1.807) is 7.11 Å². The maximum absolute atomic E-state index is 5.22. The molecule has 0 radical (unpaired) electrons. The molecule has 120 valence electrons. The highest BCUT2D eigenvalue weighted by molar-refractivity contribution is 5.72. The standard InChI is InChI=1S/C22H26O/c1-3-22(16-20(17-22)19-9-5-4-6-10-19)15-7-8-18-11-13-21(23-2)14-12-18/h4-6,9-14,16H,3,7-8,15,17H2,1-2H3/t22-/m0/s1. The topological polar surface area (TPSA) is 9.23 Å². The fourth-order valence-corrected chi connectivity index (χ4v) is 3.56. The quantitative estimate of drug-likeness (QED) is 0.618. The molecular weight excluding hydrogens is 280 g/mol. The van der Waals surface area contributed by atoms with E-state index < -0.39 is 0 Å². The van der Waals surface area contributed by atoms with Crippen molar-refractivity contribution in [2.24, 2.45) is 5.41 Å². The number of rotatable bonds is 7. The second-order valence-electron chi connectivity index (χ2n) is 6.63. The van der Waals surface area contributed by atoms with Crippen LogP contribution in [0.2, 0.25) is 0 Å². The summed E-state index contributed by atoms with van der Waals surface area (Å²) in [7, 11) is 1.72. The van der Waals surface area contributed by atoms with E-state index in [0.717, 1.165) is 12.2 Å². The van der Waals surface area contributed by atoms with E-state index >= 15 is 0 Å². The van der Waals surface area contributed by atoms with Crippen molar-refractivity contribution in [3.8, 4) is 5.75 Å². The van der Waals surface area contributed by atoms with Crippen LogP contribution >= 0.6 is 0 Å². The summed E-state index contributed by atoms with van der Waals surface area (Å²) in [5, 5.41) is 0. The van der Waals surface area contributed by atoms with Crippen LogP contribution in [-0.4, -0.2) is 7.11 Å². The van der Waals surface area contributed by atoms with E-state index in [9.17, 15) is 0 Å². The second-order valence-corrected chi connectivity index (χ2v) is 6.63. The van der Waals surface area contributed by atoms with Gasteiger partial charge in [-0.05, 0) is 66.4 Å². The lowest BCUT2D eigenvalue weighted by atomic mass is 9.65. The highest BCUT2D eigenvalue weighted by atomic mass is 16.5. The molecule has 0 fully saturated rings. The molecule has 3 rings (SSSR count). The first-order valence-electron chi connectivity index (χ1n) is 8.65. The Morgan fingerprint density at radius 2 is 1.70 bits per heavy atom. The smallest absolute Gasteiger partial charge is 0.118 e. The molecule has 1 atom stereocenters. The zero-order chi connectivity index (χ0) is 16.1. The Bertz CT molecular complexity index is 654. The molecule has 0 saturated carbocycles. The van der Waals surface area contributed by atoms with Crippen molar-refractivity contribution in [2.75, 3.05) is 7.11 Å². The van der Waals surface area contributed by atoms with E-state index in [0.29, 0.717) is 5.41 Å². The van der Waals surface area contributed by atoms with Crippen molar-refractivity contribution in [3.05, 3.63) is 71.8 Å². The Kier molecular flexibility index (Phi) is 4.85. The molecular formula is C22H26O. The van der Waals surface area contributed by atoms with E-state index in [4.69, 9.17) is 4.74 Å². The summed E-state index contributed by atoms with van der Waals surface area (Å²) in [6.45, 7) is 2.33. The molecule has 2 aromatic carbocycles. The first-order valence-corrected chi connectivity index (χ1v) is 8.65. The maximum Gasteiger partial charge on any atom is 0.118 e. The highest BCUT2D eigenvalue weighted by Gasteiger charge is 2.34. The summed E-state index contributed by atoms with van der Waals surface area (Å²) in [6.07, 6.45) is 8.68. The average Bonchev–Trinajstić information content (AvgIpc) is 2.58. The van der Waals surface area contributed by atoms with Gasteiger partial charge in [-0.1, -0.05) is 55.5 Å². The molecule has 1 nitrogen and oxygen atoms in total. The zero-order valence-corrected chi connectivity index (χ0v) is 14.2. The third-order valence-electron chi connectivity index (χ3n) is 5.17. The minimum Gasteiger partial charge on any atom is -0.497 e. The van der Waals surface area contributed by atoms with Gasteiger partial charge in [-0.2, -0.15) is 0 Å². The average molecular weight is 306 g/mol. The number of aryl methyl sites for hydroxylation is 1. The Morgan fingerprint density at radius 1 is 1.00 bits per heavy atom. The molecule has 0 N–H and O–H groups in total. The Hall–Kier alpha value is -2.02. The van der Waals surface area contributed by atoms with E-state index in [1.165, 1.54) is 42.4 Å². The molecule has 0 heterocycles. The lowest BCUT2D eigenvalue weighted by Crippen LogP contribution is -2.26. The summed E-state index contributed by atoms with van der Waals surface area (Å²) in [4.78, 5) is 0. The van der Waals surface area contributed by atoms with E-state index in [2.05, 4.69) is 67.6 Å². The van der Waals surface area contributed by atoms with Gasteiger partial charge in [0.15, 0.2) is 0 Å². The predicted molar refractivity (Wildman–Crippen MR) is 97.7 cm³/mol. The molecule has 0 bridgehead atoms. The van der Waals surface area contributed by atoms with Crippen LogP contribution in [0.5, 0.6) is 5.75 Å². The lowest BCUT2D eigenvalue weighted by molar-refractivity contribution is 0.310. The van der Waals surface area contributed by atoms with Crippen molar-refractivity contribution in [1.82, 2.24) is 0 Å². The van der Waals surface area contributed by atoms with Crippen LogP contribution in [0.3, 0.4) is 0 Å². The predicted octanol–water partition coefficient (Wildman–Crippen LogP) is 5.90. The van der Waals surface area contributed by atoms with Gasteiger partial charge in [-0.3, -0.25) is 0 Å². The minimum absolute atomic E-state index is 0.428. The Labute approximate surface area is 140 Å². The van der Waals surface area contributed by atoms with Gasteiger partial charge in [0.05, 0.1) is 7.11 Å². The van der Waals surface area contributed by atoms with Gasteiger partial charge in [0, 0.05) is 0 Å². The van der Waals surface area contributed by atoms with Crippen LogP contribution in [0.4, 0.5) is 0 Å². The summed E-state index contributed by atoms with van der Waals surface area (Å²) < 4.78 is 5.22. The fourth-order valence-electron chi connectivity index (χ4n) is 3.56. The fraction of sp³-hybridized carbons (Fsp3) is 0.364.